The molecule has 5 rings (SSSR count). The predicted molar refractivity (Wildman–Crippen MR) is 112 cm³/mol. The van der Waals surface area contributed by atoms with Crippen LogP contribution in [-0.2, 0) is 0 Å². The fourth-order valence-corrected chi connectivity index (χ4v) is 2.98. The van der Waals surface area contributed by atoms with Crippen LogP contribution in [0.25, 0.3) is 22.4 Å². The maximum Gasteiger partial charge on any atom is 0.489 e. The lowest BCUT2D eigenvalue weighted by Gasteiger charge is -2.05. The Morgan fingerprint density at radius 1 is 0.828 bits per heavy atom. The monoisotopic (exact) mass is 386 g/mol. The molecular formula is C21H19BN4O3. The molecule has 5 aromatic rings. The minimum atomic E-state index is -1.42. The summed E-state index contributed by atoms with van der Waals surface area (Å²) in [5, 5.41) is 17.7. The van der Waals surface area contributed by atoms with Crippen molar-refractivity contribution in [2.45, 2.75) is 0 Å². The SMILES string of the molecule is COc1cccc(-c2ccc3nccn3c2)c1.OB(O)c1ccc2nccn2c1. The standard InChI is InChI=1S/C14H12N2O.C7H7BN2O2/c1-17-13-4-2-3-11(9-13)12-5-6-14-15-7-8-16(14)10-12;11-8(12)6-1-2-7-9-3-4-10(7)5-6/h2-10H,1H3;1-5,11-12H. The molecule has 7 nitrogen and oxygen atoms in total. The van der Waals surface area contributed by atoms with E-state index in [1.807, 2.05) is 34.9 Å². The number of imidazole rings is 2. The predicted octanol–water partition coefficient (Wildman–Crippen LogP) is 2.02. The number of benzene rings is 1. The Bertz CT molecular complexity index is 1250. The van der Waals surface area contributed by atoms with Crippen molar-refractivity contribution >= 4 is 23.9 Å². The number of rotatable bonds is 3. The van der Waals surface area contributed by atoms with Gasteiger partial charge in [-0.15, -0.1) is 0 Å². The fourth-order valence-electron chi connectivity index (χ4n) is 2.98. The quantitative estimate of drug-likeness (QED) is 0.464. The summed E-state index contributed by atoms with van der Waals surface area (Å²) in [6.07, 6.45) is 10.8. The first-order valence-corrected chi connectivity index (χ1v) is 9.00. The minimum absolute atomic E-state index is 0.459. The molecule has 0 atom stereocenters. The van der Waals surface area contributed by atoms with Gasteiger partial charge in [-0.2, -0.15) is 0 Å². The van der Waals surface area contributed by atoms with E-state index in [0.717, 1.165) is 28.2 Å². The van der Waals surface area contributed by atoms with Crippen molar-refractivity contribution in [2.75, 3.05) is 7.11 Å². The van der Waals surface area contributed by atoms with Gasteiger partial charge in [-0.05, 0) is 46.9 Å². The molecule has 0 radical (unpaired) electrons. The van der Waals surface area contributed by atoms with Crippen LogP contribution in [0.15, 0.2) is 85.7 Å². The highest BCUT2D eigenvalue weighted by Crippen LogP contribution is 2.23. The molecule has 0 saturated heterocycles. The van der Waals surface area contributed by atoms with E-state index in [1.165, 1.54) is 0 Å². The van der Waals surface area contributed by atoms with Crippen LogP contribution in [0.5, 0.6) is 5.75 Å². The van der Waals surface area contributed by atoms with Crippen molar-refractivity contribution in [1.82, 2.24) is 18.8 Å². The van der Waals surface area contributed by atoms with Gasteiger partial charge in [-0.25, -0.2) is 9.97 Å². The molecule has 144 valence electrons. The van der Waals surface area contributed by atoms with Gasteiger partial charge in [-0.3, -0.25) is 0 Å². The second-order valence-corrected chi connectivity index (χ2v) is 6.37. The lowest BCUT2D eigenvalue weighted by molar-refractivity contribution is 0.415. The number of hydrogen-bond acceptors (Lipinski definition) is 5. The molecule has 4 aromatic heterocycles. The third-order valence-electron chi connectivity index (χ3n) is 4.50. The third kappa shape index (κ3) is 4.13. The highest BCUT2D eigenvalue weighted by atomic mass is 16.5. The molecule has 0 aliphatic carbocycles. The van der Waals surface area contributed by atoms with Gasteiger partial charge in [0.05, 0.1) is 7.11 Å². The maximum absolute atomic E-state index is 8.84. The van der Waals surface area contributed by atoms with Crippen molar-refractivity contribution < 1.29 is 14.8 Å². The first-order valence-electron chi connectivity index (χ1n) is 9.00. The highest BCUT2D eigenvalue weighted by Gasteiger charge is 2.10. The number of aromatic nitrogens is 4. The highest BCUT2D eigenvalue weighted by molar-refractivity contribution is 6.58. The summed E-state index contributed by atoms with van der Waals surface area (Å²) in [6, 6.07) is 15.5. The average Bonchev–Trinajstić information content (AvgIpc) is 3.42. The van der Waals surface area contributed by atoms with Gasteiger partial charge in [0.1, 0.15) is 17.0 Å². The average molecular weight is 386 g/mol. The first-order chi connectivity index (χ1) is 14.1. The maximum atomic E-state index is 8.84. The van der Waals surface area contributed by atoms with Crippen LogP contribution in [0, 0.1) is 0 Å². The molecule has 0 bridgehead atoms. The molecule has 29 heavy (non-hydrogen) atoms. The van der Waals surface area contributed by atoms with Gasteiger partial charge < -0.3 is 23.6 Å². The van der Waals surface area contributed by atoms with E-state index in [0.29, 0.717) is 5.46 Å². The van der Waals surface area contributed by atoms with E-state index < -0.39 is 7.12 Å². The lowest BCUT2D eigenvalue weighted by Crippen LogP contribution is -2.30. The Labute approximate surface area is 167 Å². The number of methoxy groups -OCH3 is 1. The summed E-state index contributed by atoms with van der Waals surface area (Å²) in [4.78, 5) is 8.24. The summed E-state index contributed by atoms with van der Waals surface area (Å²) >= 11 is 0. The zero-order valence-electron chi connectivity index (χ0n) is 15.8. The van der Waals surface area contributed by atoms with Crippen LogP contribution in [0.4, 0.5) is 0 Å². The van der Waals surface area contributed by atoms with Crippen molar-refractivity contribution in [3.63, 3.8) is 0 Å². The molecule has 0 amide bonds. The smallest absolute Gasteiger partial charge is 0.489 e. The third-order valence-corrected chi connectivity index (χ3v) is 4.50. The number of hydrogen-bond donors (Lipinski definition) is 2. The molecule has 0 saturated carbocycles. The molecule has 0 aliphatic heterocycles. The number of ether oxygens (including phenoxy) is 1. The molecular weight excluding hydrogens is 367 g/mol. The zero-order chi connectivity index (χ0) is 20.2. The van der Waals surface area contributed by atoms with Gasteiger partial charge in [-0.1, -0.05) is 18.2 Å². The van der Waals surface area contributed by atoms with Crippen LogP contribution < -0.4 is 10.2 Å². The minimum Gasteiger partial charge on any atom is -0.497 e. The molecule has 2 N–H and O–H groups in total. The Balaban J connectivity index is 0.000000150. The molecule has 4 heterocycles. The van der Waals surface area contributed by atoms with E-state index in [1.54, 1.807) is 48.4 Å². The Morgan fingerprint density at radius 2 is 1.52 bits per heavy atom. The van der Waals surface area contributed by atoms with E-state index in [4.69, 9.17) is 14.8 Å². The van der Waals surface area contributed by atoms with E-state index in [-0.39, 0.29) is 0 Å². The van der Waals surface area contributed by atoms with E-state index in [2.05, 4.69) is 28.3 Å². The van der Waals surface area contributed by atoms with Gasteiger partial charge >= 0.3 is 7.12 Å². The van der Waals surface area contributed by atoms with Crippen molar-refractivity contribution in [1.29, 1.82) is 0 Å². The zero-order valence-corrected chi connectivity index (χ0v) is 15.8. The fraction of sp³-hybridized carbons (Fsp3) is 0.0476. The normalized spacial score (nSPS) is 10.6. The van der Waals surface area contributed by atoms with Gasteiger partial charge in [0.2, 0.25) is 0 Å². The molecule has 8 heteroatoms. The number of fused-ring (bicyclic) bond motifs is 2. The Kier molecular flexibility index (Phi) is 5.28. The van der Waals surface area contributed by atoms with Crippen molar-refractivity contribution in [3.8, 4) is 16.9 Å². The lowest BCUT2D eigenvalue weighted by atomic mass is 9.82. The van der Waals surface area contributed by atoms with Gasteiger partial charge in [0, 0.05) is 37.2 Å². The van der Waals surface area contributed by atoms with Crippen molar-refractivity contribution in [2.24, 2.45) is 0 Å². The van der Waals surface area contributed by atoms with Crippen LogP contribution >= 0.6 is 0 Å². The van der Waals surface area contributed by atoms with Crippen LogP contribution in [-0.4, -0.2) is 43.0 Å². The Morgan fingerprint density at radius 3 is 2.21 bits per heavy atom. The largest absolute Gasteiger partial charge is 0.497 e. The van der Waals surface area contributed by atoms with Crippen molar-refractivity contribution in [3.05, 3.63) is 85.7 Å². The summed E-state index contributed by atoms with van der Waals surface area (Å²) in [5.74, 6) is 0.869. The summed E-state index contributed by atoms with van der Waals surface area (Å²) in [7, 11) is 0.259. The number of pyridine rings is 2. The van der Waals surface area contributed by atoms with Crippen LogP contribution in [0.3, 0.4) is 0 Å². The van der Waals surface area contributed by atoms with E-state index >= 15 is 0 Å². The first kappa shape index (κ1) is 18.7. The topological polar surface area (TPSA) is 84.3 Å². The second kappa shape index (κ2) is 8.18. The molecule has 0 spiro atoms. The molecule has 0 fully saturated rings. The molecule has 1 aromatic carbocycles. The molecule has 0 aliphatic rings. The molecule has 0 unspecified atom stereocenters. The summed E-state index contributed by atoms with van der Waals surface area (Å²) in [5.41, 5.74) is 4.49. The summed E-state index contributed by atoms with van der Waals surface area (Å²) in [6.45, 7) is 0. The van der Waals surface area contributed by atoms with Gasteiger partial charge in [0.25, 0.3) is 0 Å². The van der Waals surface area contributed by atoms with Crippen LogP contribution in [0.1, 0.15) is 0 Å². The number of nitrogens with zero attached hydrogens (tertiary/aromatic N) is 4. The second-order valence-electron chi connectivity index (χ2n) is 6.37. The van der Waals surface area contributed by atoms with Gasteiger partial charge in [0.15, 0.2) is 0 Å². The summed E-state index contributed by atoms with van der Waals surface area (Å²) < 4.78 is 8.97. The van der Waals surface area contributed by atoms with E-state index in [9.17, 15) is 0 Å². The Hall–Kier alpha value is -3.62. The van der Waals surface area contributed by atoms with Crippen LogP contribution in [0.2, 0.25) is 0 Å².